The standard InChI is InChI=1S/C29H33NO2/c1-28(2)23-12-15-29(28,3)26(19-23)25-7-5-4-6-22(25)18-20-13-16-30(17-14-20)24-10-8-21(9-11-24)27(31)32/h4-11,18-19,23H,12-17H2,1-3H3,(H,31,32). The number of carboxylic acid groups (broad SMARTS) is 1. The van der Waals surface area contributed by atoms with Crippen LogP contribution in [-0.4, -0.2) is 24.2 Å². The molecule has 1 saturated heterocycles. The van der Waals surface area contributed by atoms with Crippen LogP contribution >= 0.6 is 0 Å². The predicted octanol–water partition coefficient (Wildman–Crippen LogP) is 6.91. The van der Waals surface area contributed by atoms with E-state index in [9.17, 15) is 4.79 Å². The van der Waals surface area contributed by atoms with E-state index in [2.05, 4.69) is 62.1 Å². The zero-order valence-electron chi connectivity index (χ0n) is 19.4. The van der Waals surface area contributed by atoms with Crippen LogP contribution in [0.4, 0.5) is 5.69 Å². The van der Waals surface area contributed by atoms with Crippen LogP contribution in [0.5, 0.6) is 0 Å². The zero-order valence-corrected chi connectivity index (χ0v) is 19.4. The molecule has 5 rings (SSSR count). The fourth-order valence-corrected chi connectivity index (χ4v) is 6.18. The Morgan fingerprint density at radius 3 is 2.31 bits per heavy atom. The average Bonchev–Trinajstić information content (AvgIpc) is 3.14. The summed E-state index contributed by atoms with van der Waals surface area (Å²) in [6.07, 6.45) is 9.70. The van der Waals surface area contributed by atoms with E-state index in [1.807, 2.05) is 12.1 Å². The van der Waals surface area contributed by atoms with Crippen LogP contribution in [-0.2, 0) is 0 Å². The van der Waals surface area contributed by atoms with Crippen LogP contribution in [0, 0.1) is 16.7 Å². The van der Waals surface area contributed by atoms with Crippen molar-refractivity contribution in [2.75, 3.05) is 18.0 Å². The summed E-state index contributed by atoms with van der Waals surface area (Å²) in [7, 11) is 0. The number of allylic oxidation sites excluding steroid dienone is 2. The molecule has 3 aliphatic rings. The van der Waals surface area contributed by atoms with E-state index in [-0.39, 0.29) is 5.41 Å². The van der Waals surface area contributed by atoms with Gasteiger partial charge in [-0.05, 0) is 83.4 Å². The fourth-order valence-electron chi connectivity index (χ4n) is 6.18. The van der Waals surface area contributed by atoms with Crippen molar-refractivity contribution in [1.29, 1.82) is 0 Å². The Bertz CT molecular complexity index is 1100. The third kappa shape index (κ3) is 3.30. The van der Waals surface area contributed by atoms with Gasteiger partial charge in [0, 0.05) is 18.8 Å². The van der Waals surface area contributed by atoms with Crippen LogP contribution in [0.3, 0.4) is 0 Å². The van der Waals surface area contributed by atoms with E-state index in [1.165, 1.54) is 29.5 Å². The SMILES string of the molecule is CC12CCC(C=C1c1ccccc1C=C1CCN(c3ccc(C(=O)O)cc3)CC1)C2(C)C. The lowest BCUT2D eigenvalue weighted by Gasteiger charge is -2.38. The number of aromatic carboxylic acids is 1. The highest BCUT2D eigenvalue weighted by Gasteiger charge is 2.57. The van der Waals surface area contributed by atoms with E-state index in [4.69, 9.17) is 5.11 Å². The number of hydrogen-bond donors (Lipinski definition) is 1. The van der Waals surface area contributed by atoms with Gasteiger partial charge in [0.15, 0.2) is 0 Å². The second-order valence-corrected chi connectivity index (χ2v) is 10.5. The largest absolute Gasteiger partial charge is 0.478 e. The fraction of sp³-hybridized carbons (Fsp3) is 0.414. The van der Waals surface area contributed by atoms with Crippen LogP contribution < -0.4 is 4.90 Å². The summed E-state index contributed by atoms with van der Waals surface area (Å²) >= 11 is 0. The van der Waals surface area contributed by atoms with Crippen LogP contribution in [0.2, 0.25) is 0 Å². The second-order valence-electron chi connectivity index (χ2n) is 10.5. The van der Waals surface area contributed by atoms with Crippen molar-refractivity contribution in [3.63, 3.8) is 0 Å². The minimum atomic E-state index is -0.873. The molecule has 2 aromatic carbocycles. The summed E-state index contributed by atoms with van der Waals surface area (Å²) in [5.74, 6) is -0.180. The van der Waals surface area contributed by atoms with Crippen molar-refractivity contribution >= 4 is 23.3 Å². The normalized spacial score (nSPS) is 26.2. The summed E-state index contributed by atoms with van der Waals surface area (Å²) in [5, 5.41) is 9.12. The monoisotopic (exact) mass is 427 g/mol. The molecular weight excluding hydrogens is 394 g/mol. The van der Waals surface area contributed by atoms with Gasteiger partial charge in [0.2, 0.25) is 0 Å². The van der Waals surface area contributed by atoms with Gasteiger partial charge >= 0.3 is 5.97 Å². The molecule has 166 valence electrons. The molecule has 2 unspecified atom stereocenters. The first-order chi connectivity index (χ1) is 15.3. The molecule has 2 aromatic rings. The number of rotatable bonds is 4. The molecule has 1 heterocycles. The minimum absolute atomic E-state index is 0.262. The summed E-state index contributed by atoms with van der Waals surface area (Å²) in [6.45, 7) is 9.32. The van der Waals surface area contributed by atoms with Gasteiger partial charge in [-0.25, -0.2) is 4.79 Å². The first kappa shape index (κ1) is 21.1. The van der Waals surface area contributed by atoms with Gasteiger partial charge in [0.1, 0.15) is 0 Å². The summed E-state index contributed by atoms with van der Waals surface area (Å²) in [5.41, 5.74) is 7.89. The summed E-state index contributed by atoms with van der Waals surface area (Å²) in [6, 6.07) is 16.2. The van der Waals surface area contributed by atoms with Crippen molar-refractivity contribution in [2.45, 2.75) is 46.5 Å². The number of nitrogens with zero attached hydrogens (tertiary/aromatic N) is 1. The third-order valence-electron chi connectivity index (χ3n) is 8.76. The minimum Gasteiger partial charge on any atom is -0.478 e. The molecule has 1 N–H and O–H groups in total. The van der Waals surface area contributed by atoms with Crippen LogP contribution in [0.25, 0.3) is 11.6 Å². The Hall–Kier alpha value is -2.81. The maximum atomic E-state index is 11.1. The summed E-state index contributed by atoms with van der Waals surface area (Å²) in [4.78, 5) is 13.5. The van der Waals surface area contributed by atoms with E-state index in [0.29, 0.717) is 16.9 Å². The van der Waals surface area contributed by atoms with Crippen LogP contribution in [0.15, 0.2) is 60.2 Å². The first-order valence-electron chi connectivity index (χ1n) is 11.9. The van der Waals surface area contributed by atoms with E-state index in [1.54, 1.807) is 17.7 Å². The number of carbonyl (C=O) groups is 1. The molecule has 1 aliphatic heterocycles. The lowest BCUT2D eigenvalue weighted by atomic mass is 9.66. The van der Waals surface area contributed by atoms with E-state index < -0.39 is 5.97 Å². The third-order valence-corrected chi connectivity index (χ3v) is 8.76. The lowest BCUT2D eigenvalue weighted by molar-refractivity contribution is 0.0697. The lowest BCUT2D eigenvalue weighted by Crippen LogP contribution is -2.30. The molecule has 2 atom stereocenters. The van der Waals surface area contributed by atoms with E-state index in [0.717, 1.165) is 31.6 Å². The topological polar surface area (TPSA) is 40.5 Å². The van der Waals surface area contributed by atoms with E-state index >= 15 is 0 Å². The molecular formula is C29H33NO2. The zero-order chi connectivity index (χ0) is 22.5. The van der Waals surface area contributed by atoms with Crippen molar-refractivity contribution in [3.8, 4) is 0 Å². The van der Waals surface area contributed by atoms with Gasteiger partial charge in [0.25, 0.3) is 0 Å². The highest BCUT2D eigenvalue weighted by Crippen LogP contribution is 2.67. The van der Waals surface area contributed by atoms with Crippen LogP contribution in [0.1, 0.15) is 67.9 Å². The van der Waals surface area contributed by atoms with Crippen molar-refractivity contribution in [1.82, 2.24) is 0 Å². The first-order valence-corrected chi connectivity index (χ1v) is 11.9. The maximum Gasteiger partial charge on any atom is 0.335 e. The average molecular weight is 428 g/mol. The molecule has 2 bridgehead atoms. The predicted molar refractivity (Wildman–Crippen MR) is 132 cm³/mol. The van der Waals surface area contributed by atoms with Gasteiger partial charge < -0.3 is 10.0 Å². The Morgan fingerprint density at radius 2 is 1.72 bits per heavy atom. The molecule has 0 spiro atoms. The number of carboxylic acids is 1. The molecule has 0 amide bonds. The molecule has 32 heavy (non-hydrogen) atoms. The Kier molecular flexibility index (Phi) is 5.03. The number of benzene rings is 2. The highest BCUT2D eigenvalue weighted by molar-refractivity contribution is 5.88. The van der Waals surface area contributed by atoms with Crippen molar-refractivity contribution < 1.29 is 9.90 Å². The number of anilines is 1. The maximum absolute atomic E-state index is 11.1. The van der Waals surface area contributed by atoms with Gasteiger partial charge in [-0.15, -0.1) is 0 Å². The molecule has 2 aliphatic carbocycles. The smallest absolute Gasteiger partial charge is 0.335 e. The molecule has 2 fully saturated rings. The number of piperidine rings is 1. The summed E-state index contributed by atoms with van der Waals surface area (Å²) < 4.78 is 0. The number of hydrogen-bond acceptors (Lipinski definition) is 2. The second kappa shape index (κ2) is 7.65. The Morgan fingerprint density at radius 1 is 1.03 bits per heavy atom. The molecule has 0 aromatic heterocycles. The number of fused-ring (bicyclic) bond motifs is 2. The van der Waals surface area contributed by atoms with Crippen molar-refractivity contribution in [2.24, 2.45) is 16.7 Å². The highest BCUT2D eigenvalue weighted by atomic mass is 16.4. The van der Waals surface area contributed by atoms with Gasteiger partial charge in [-0.3, -0.25) is 0 Å². The molecule has 0 radical (unpaired) electrons. The molecule has 1 saturated carbocycles. The van der Waals surface area contributed by atoms with Gasteiger partial charge in [-0.1, -0.05) is 62.8 Å². The van der Waals surface area contributed by atoms with Gasteiger partial charge in [0.05, 0.1) is 5.56 Å². The molecule has 3 heteroatoms. The van der Waals surface area contributed by atoms with Gasteiger partial charge in [-0.2, -0.15) is 0 Å². The molecule has 3 nitrogen and oxygen atoms in total. The Labute approximate surface area is 191 Å². The van der Waals surface area contributed by atoms with Crippen molar-refractivity contribution in [3.05, 3.63) is 76.9 Å². The Balaban J connectivity index is 1.35. The quantitative estimate of drug-likeness (QED) is 0.576.